The summed E-state index contributed by atoms with van der Waals surface area (Å²) in [5.41, 5.74) is 1.20. The monoisotopic (exact) mass is 263 g/mol. The van der Waals surface area contributed by atoms with Gasteiger partial charge in [-0.15, -0.1) is 0 Å². The van der Waals surface area contributed by atoms with Crippen LogP contribution in [0.2, 0.25) is 0 Å². The van der Waals surface area contributed by atoms with Crippen molar-refractivity contribution in [2.45, 2.75) is 20.0 Å². The first kappa shape index (κ1) is 15.3. The highest BCUT2D eigenvalue weighted by molar-refractivity contribution is 5.79. The molecule has 0 aromatic heterocycles. The molecule has 0 heterocycles. The van der Waals surface area contributed by atoms with Gasteiger partial charge in [0.2, 0.25) is 0 Å². The summed E-state index contributed by atoms with van der Waals surface area (Å²) in [4.78, 5) is 8.58. The molecule has 1 aromatic rings. The number of guanidine groups is 1. The van der Waals surface area contributed by atoms with Gasteiger partial charge in [0.25, 0.3) is 0 Å². The maximum Gasteiger partial charge on any atom is 0.195 e. The van der Waals surface area contributed by atoms with Crippen molar-refractivity contribution in [1.29, 1.82) is 0 Å². The van der Waals surface area contributed by atoms with Crippen molar-refractivity contribution in [2.75, 3.05) is 34.7 Å². The van der Waals surface area contributed by atoms with E-state index in [-0.39, 0.29) is 6.10 Å². The highest BCUT2D eigenvalue weighted by atomic mass is 16.5. The molecule has 0 spiro atoms. The van der Waals surface area contributed by atoms with Gasteiger partial charge >= 0.3 is 0 Å². The Morgan fingerprint density at radius 1 is 1.21 bits per heavy atom. The van der Waals surface area contributed by atoms with E-state index in [0.29, 0.717) is 6.54 Å². The van der Waals surface area contributed by atoms with Gasteiger partial charge < -0.3 is 14.5 Å². The first-order valence-corrected chi connectivity index (χ1v) is 6.52. The molecular weight excluding hydrogens is 238 g/mol. The lowest BCUT2D eigenvalue weighted by atomic mass is 10.2. The fourth-order valence-electron chi connectivity index (χ4n) is 1.85. The van der Waals surface area contributed by atoms with E-state index < -0.39 is 0 Å². The Hall–Kier alpha value is -1.71. The Kier molecular flexibility index (Phi) is 5.67. The third-order valence-corrected chi connectivity index (χ3v) is 2.62. The van der Waals surface area contributed by atoms with Crippen molar-refractivity contribution in [1.82, 2.24) is 9.80 Å². The Labute approximate surface area is 116 Å². The summed E-state index contributed by atoms with van der Waals surface area (Å²) in [7, 11) is 7.96. The molecule has 19 heavy (non-hydrogen) atoms. The fourth-order valence-corrected chi connectivity index (χ4v) is 1.85. The smallest absolute Gasteiger partial charge is 0.195 e. The quantitative estimate of drug-likeness (QED) is 0.616. The second-order valence-electron chi connectivity index (χ2n) is 5.17. The van der Waals surface area contributed by atoms with E-state index >= 15 is 0 Å². The number of aryl methyl sites for hydroxylation is 1. The van der Waals surface area contributed by atoms with Gasteiger partial charge in [-0.25, -0.2) is 4.99 Å². The average molecular weight is 263 g/mol. The first-order chi connectivity index (χ1) is 8.90. The molecule has 4 nitrogen and oxygen atoms in total. The molecule has 0 aliphatic carbocycles. The summed E-state index contributed by atoms with van der Waals surface area (Å²) in [5, 5.41) is 0. The largest absolute Gasteiger partial charge is 0.489 e. The van der Waals surface area contributed by atoms with Crippen molar-refractivity contribution in [3.63, 3.8) is 0 Å². The molecule has 0 amide bonds. The molecule has 0 bridgehead atoms. The molecule has 0 saturated carbocycles. The molecule has 0 aliphatic rings. The molecule has 1 aromatic carbocycles. The SMILES string of the molecule is Cc1cccc(OC(C)CN=C(N(C)C)N(C)C)c1. The number of rotatable bonds is 4. The molecule has 0 saturated heterocycles. The van der Waals surface area contributed by atoms with E-state index in [1.165, 1.54) is 5.56 Å². The van der Waals surface area contributed by atoms with E-state index in [2.05, 4.69) is 18.0 Å². The number of hydrogen-bond acceptors (Lipinski definition) is 2. The van der Waals surface area contributed by atoms with Gasteiger partial charge in [-0.2, -0.15) is 0 Å². The molecule has 4 heteroatoms. The van der Waals surface area contributed by atoms with Crippen LogP contribution < -0.4 is 4.74 Å². The third kappa shape index (κ3) is 5.20. The summed E-state index contributed by atoms with van der Waals surface area (Å²) >= 11 is 0. The standard InChI is InChI=1S/C15H25N3O/c1-12-8-7-9-14(10-12)19-13(2)11-16-15(17(3)4)18(5)6/h7-10,13H,11H2,1-6H3. The highest BCUT2D eigenvalue weighted by Crippen LogP contribution is 2.14. The minimum Gasteiger partial charge on any atom is -0.489 e. The molecule has 106 valence electrons. The van der Waals surface area contributed by atoms with Gasteiger partial charge in [-0.3, -0.25) is 0 Å². The van der Waals surface area contributed by atoms with Crippen molar-refractivity contribution in [3.05, 3.63) is 29.8 Å². The van der Waals surface area contributed by atoms with Crippen LogP contribution in [0.4, 0.5) is 0 Å². The Bertz CT molecular complexity index is 417. The van der Waals surface area contributed by atoms with Crippen LogP contribution in [0.5, 0.6) is 5.75 Å². The molecule has 0 fully saturated rings. The highest BCUT2D eigenvalue weighted by Gasteiger charge is 2.07. The van der Waals surface area contributed by atoms with Crippen LogP contribution in [-0.2, 0) is 0 Å². The normalized spacial score (nSPS) is 11.7. The van der Waals surface area contributed by atoms with Crippen LogP contribution in [0.15, 0.2) is 29.3 Å². The van der Waals surface area contributed by atoms with E-state index in [1.807, 2.05) is 63.1 Å². The van der Waals surface area contributed by atoms with Crippen LogP contribution >= 0.6 is 0 Å². The number of benzene rings is 1. The van der Waals surface area contributed by atoms with E-state index in [1.54, 1.807) is 0 Å². The van der Waals surface area contributed by atoms with E-state index in [9.17, 15) is 0 Å². The maximum atomic E-state index is 5.86. The van der Waals surface area contributed by atoms with Crippen LogP contribution in [-0.4, -0.2) is 56.6 Å². The Balaban J connectivity index is 2.60. The number of nitrogens with zero attached hydrogens (tertiary/aromatic N) is 3. The second kappa shape index (κ2) is 7.02. The third-order valence-electron chi connectivity index (χ3n) is 2.62. The van der Waals surface area contributed by atoms with Gasteiger partial charge in [0, 0.05) is 28.2 Å². The summed E-state index contributed by atoms with van der Waals surface area (Å²) in [6.07, 6.45) is 0.0525. The van der Waals surface area contributed by atoms with Crippen LogP contribution in [0.1, 0.15) is 12.5 Å². The second-order valence-corrected chi connectivity index (χ2v) is 5.17. The molecule has 1 unspecified atom stereocenters. The van der Waals surface area contributed by atoms with Gasteiger partial charge in [-0.1, -0.05) is 12.1 Å². The zero-order valence-corrected chi connectivity index (χ0v) is 12.8. The molecule has 1 rings (SSSR count). The molecule has 0 radical (unpaired) electrons. The minimum atomic E-state index is 0.0525. The van der Waals surface area contributed by atoms with Crippen molar-refractivity contribution in [3.8, 4) is 5.75 Å². The average Bonchev–Trinajstić information content (AvgIpc) is 2.27. The lowest BCUT2D eigenvalue weighted by molar-refractivity contribution is 0.229. The Morgan fingerprint density at radius 3 is 2.37 bits per heavy atom. The maximum absolute atomic E-state index is 5.86. The van der Waals surface area contributed by atoms with Crippen molar-refractivity contribution >= 4 is 5.96 Å². The zero-order chi connectivity index (χ0) is 14.4. The summed E-state index contributed by atoms with van der Waals surface area (Å²) in [5.74, 6) is 1.85. The predicted octanol–water partition coefficient (Wildman–Crippen LogP) is 2.24. The predicted molar refractivity (Wildman–Crippen MR) is 80.9 cm³/mol. The Morgan fingerprint density at radius 2 is 1.84 bits per heavy atom. The van der Waals surface area contributed by atoms with E-state index in [0.717, 1.165) is 11.7 Å². The number of aliphatic imine (C=N–C) groups is 1. The van der Waals surface area contributed by atoms with Gasteiger partial charge in [0.15, 0.2) is 5.96 Å². The summed E-state index contributed by atoms with van der Waals surface area (Å²) in [6, 6.07) is 8.09. The van der Waals surface area contributed by atoms with Crippen molar-refractivity contribution in [2.24, 2.45) is 4.99 Å². The van der Waals surface area contributed by atoms with Crippen LogP contribution in [0.25, 0.3) is 0 Å². The van der Waals surface area contributed by atoms with E-state index in [4.69, 9.17) is 4.74 Å². The van der Waals surface area contributed by atoms with Gasteiger partial charge in [0.05, 0.1) is 6.54 Å². The lowest BCUT2D eigenvalue weighted by Crippen LogP contribution is -2.36. The molecule has 1 atom stereocenters. The molecule has 0 aliphatic heterocycles. The van der Waals surface area contributed by atoms with Gasteiger partial charge in [-0.05, 0) is 31.5 Å². The number of hydrogen-bond donors (Lipinski definition) is 0. The number of ether oxygens (including phenoxy) is 1. The van der Waals surface area contributed by atoms with Gasteiger partial charge in [0.1, 0.15) is 11.9 Å². The molecule has 0 N–H and O–H groups in total. The lowest BCUT2D eigenvalue weighted by Gasteiger charge is -2.23. The van der Waals surface area contributed by atoms with Crippen LogP contribution in [0.3, 0.4) is 0 Å². The first-order valence-electron chi connectivity index (χ1n) is 6.52. The minimum absolute atomic E-state index is 0.0525. The summed E-state index contributed by atoms with van der Waals surface area (Å²) in [6.45, 7) is 4.74. The zero-order valence-electron chi connectivity index (χ0n) is 12.8. The van der Waals surface area contributed by atoms with Crippen molar-refractivity contribution < 1.29 is 4.74 Å². The summed E-state index contributed by atoms with van der Waals surface area (Å²) < 4.78 is 5.86. The topological polar surface area (TPSA) is 28.1 Å². The molecular formula is C15H25N3O. The van der Waals surface area contributed by atoms with Crippen LogP contribution in [0, 0.1) is 6.92 Å². The fraction of sp³-hybridized carbons (Fsp3) is 0.533.